The van der Waals surface area contributed by atoms with Crippen LogP contribution in [0.2, 0.25) is 10.0 Å². The summed E-state index contributed by atoms with van der Waals surface area (Å²) in [6.45, 7) is 0. The van der Waals surface area contributed by atoms with Gasteiger partial charge in [-0.05, 0) is 24.3 Å². The van der Waals surface area contributed by atoms with Gasteiger partial charge in [-0.15, -0.1) is 0 Å². The topological polar surface area (TPSA) is 12.9 Å². The van der Waals surface area contributed by atoms with E-state index in [-0.39, 0.29) is 0 Å². The lowest BCUT2D eigenvalue weighted by Gasteiger charge is -1.97. The van der Waals surface area contributed by atoms with E-state index >= 15 is 0 Å². The number of aromatic nitrogens is 1. The first-order valence-electron chi connectivity index (χ1n) is 3.38. The van der Waals surface area contributed by atoms with Crippen molar-refractivity contribution in [3.8, 4) is 0 Å². The summed E-state index contributed by atoms with van der Waals surface area (Å²) in [5.41, 5.74) is 0.764. The molecule has 0 aliphatic heterocycles. The van der Waals surface area contributed by atoms with E-state index in [1.165, 1.54) is 0 Å². The van der Waals surface area contributed by atoms with Crippen LogP contribution < -0.4 is 0 Å². The molecule has 2 rings (SSSR count). The molecule has 0 spiro atoms. The second-order valence-corrected chi connectivity index (χ2v) is 3.24. The SMILES string of the molecule is Clc1cnc2c(Cl)c[c]cc2c1. The van der Waals surface area contributed by atoms with Crippen LogP contribution in [-0.2, 0) is 0 Å². The van der Waals surface area contributed by atoms with Gasteiger partial charge in [0.05, 0.1) is 15.6 Å². The van der Waals surface area contributed by atoms with Crippen LogP contribution in [0.5, 0.6) is 0 Å². The Morgan fingerprint density at radius 1 is 1.25 bits per heavy atom. The highest BCUT2D eigenvalue weighted by atomic mass is 35.5. The molecule has 59 valence electrons. The molecule has 1 nitrogen and oxygen atoms in total. The maximum Gasteiger partial charge on any atom is 0.0889 e. The summed E-state index contributed by atoms with van der Waals surface area (Å²) in [5.74, 6) is 0. The summed E-state index contributed by atoms with van der Waals surface area (Å²) >= 11 is 11.6. The van der Waals surface area contributed by atoms with Crippen molar-refractivity contribution >= 4 is 34.1 Å². The molecule has 12 heavy (non-hydrogen) atoms. The van der Waals surface area contributed by atoms with Gasteiger partial charge >= 0.3 is 0 Å². The molecule has 1 heterocycles. The third-order valence-corrected chi connectivity index (χ3v) is 2.05. The van der Waals surface area contributed by atoms with Crippen molar-refractivity contribution in [3.05, 3.63) is 40.5 Å². The molecule has 0 amide bonds. The molecule has 0 aliphatic carbocycles. The first-order chi connectivity index (χ1) is 5.77. The van der Waals surface area contributed by atoms with E-state index in [9.17, 15) is 0 Å². The normalized spacial score (nSPS) is 10.5. The molecule has 0 unspecified atom stereocenters. The fourth-order valence-corrected chi connectivity index (χ4v) is 1.42. The van der Waals surface area contributed by atoms with Crippen molar-refractivity contribution in [1.29, 1.82) is 0 Å². The van der Waals surface area contributed by atoms with Crippen molar-refractivity contribution in [1.82, 2.24) is 4.98 Å². The van der Waals surface area contributed by atoms with Gasteiger partial charge in [-0.2, -0.15) is 0 Å². The Bertz CT molecular complexity index is 426. The summed E-state index contributed by atoms with van der Waals surface area (Å²) in [5, 5.41) is 2.12. The Balaban J connectivity index is 2.86. The monoisotopic (exact) mass is 196 g/mol. The van der Waals surface area contributed by atoms with Gasteiger partial charge in [0.1, 0.15) is 0 Å². The number of benzene rings is 1. The van der Waals surface area contributed by atoms with E-state index in [2.05, 4.69) is 11.1 Å². The molecular formula is C9H4Cl2N. The maximum absolute atomic E-state index is 5.87. The molecule has 1 aromatic heterocycles. The minimum Gasteiger partial charge on any atom is -0.253 e. The predicted molar refractivity (Wildman–Crippen MR) is 50.6 cm³/mol. The molecule has 0 bridgehead atoms. The second kappa shape index (κ2) is 2.92. The van der Waals surface area contributed by atoms with Gasteiger partial charge in [0.25, 0.3) is 0 Å². The minimum absolute atomic E-state index is 0.601. The van der Waals surface area contributed by atoms with Crippen molar-refractivity contribution in [2.75, 3.05) is 0 Å². The van der Waals surface area contributed by atoms with Crippen molar-refractivity contribution in [3.63, 3.8) is 0 Å². The lowest BCUT2D eigenvalue weighted by molar-refractivity contribution is 1.41. The van der Waals surface area contributed by atoms with Gasteiger partial charge in [-0.1, -0.05) is 23.2 Å². The Labute approximate surface area is 79.9 Å². The highest BCUT2D eigenvalue weighted by molar-refractivity contribution is 6.35. The van der Waals surface area contributed by atoms with Gasteiger partial charge in [0.15, 0.2) is 0 Å². The number of nitrogens with zero attached hydrogens (tertiary/aromatic N) is 1. The number of fused-ring (bicyclic) bond motifs is 1. The lowest BCUT2D eigenvalue weighted by atomic mass is 10.2. The molecule has 0 saturated carbocycles. The molecule has 0 N–H and O–H groups in total. The van der Waals surface area contributed by atoms with Crippen LogP contribution in [0.3, 0.4) is 0 Å². The fourth-order valence-electron chi connectivity index (χ4n) is 1.04. The molecule has 0 aliphatic rings. The summed E-state index contributed by atoms with van der Waals surface area (Å²) in [6.07, 6.45) is 1.58. The van der Waals surface area contributed by atoms with Crippen LogP contribution in [0.4, 0.5) is 0 Å². The van der Waals surface area contributed by atoms with Gasteiger partial charge in [-0.3, -0.25) is 4.98 Å². The van der Waals surface area contributed by atoms with Gasteiger partial charge in [-0.25, -0.2) is 0 Å². The van der Waals surface area contributed by atoms with Crippen LogP contribution in [0.1, 0.15) is 0 Å². The molecule has 3 heteroatoms. The molecule has 1 radical (unpaired) electrons. The highest BCUT2D eigenvalue weighted by Gasteiger charge is 1.99. The number of hydrogen-bond donors (Lipinski definition) is 0. The molecule has 0 saturated heterocycles. The molecule has 1 aromatic carbocycles. The van der Waals surface area contributed by atoms with E-state index in [1.807, 2.05) is 6.07 Å². The highest BCUT2D eigenvalue weighted by Crippen LogP contribution is 2.22. The predicted octanol–water partition coefficient (Wildman–Crippen LogP) is 3.34. The van der Waals surface area contributed by atoms with E-state index in [0.717, 1.165) is 10.9 Å². The summed E-state index contributed by atoms with van der Waals surface area (Å²) in [4.78, 5) is 4.10. The summed E-state index contributed by atoms with van der Waals surface area (Å²) in [7, 11) is 0. The molecule has 0 atom stereocenters. The first-order valence-corrected chi connectivity index (χ1v) is 4.14. The zero-order valence-corrected chi connectivity index (χ0v) is 7.52. The van der Waals surface area contributed by atoms with E-state index in [0.29, 0.717) is 10.0 Å². The van der Waals surface area contributed by atoms with Crippen LogP contribution >= 0.6 is 23.2 Å². The van der Waals surface area contributed by atoms with Crippen molar-refractivity contribution in [2.45, 2.75) is 0 Å². The average molecular weight is 197 g/mol. The van der Waals surface area contributed by atoms with Crippen molar-refractivity contribution in [2.24, 2.45) is 0 Å². The quantitative estimate of drug-likeness (QED) is 0.631. The lowest BCUT2D eigenvalue weighted by Crippen LogP contribution is -1.79. The van der Waals surface area contributed by atoms with E-state index in [1.54, 1.807) is 18.3 Å². The molecule has 2 aromatic rings. The molecule has 0 fully saturated rings. The average Bonchev–Trinajstić information content (AvgIpc) is 2.04. The zero-order chi connectivity index (χ0) is 8.55. The smallest absolute Gasteiger partial charge is 0.0889 e. The van der Waals surface area contributed by atoms with E-state index < -0.39 is 0 Å². The fraction of sp³-hybridized carbons (Fsp3) is 0. The van der Waals surface area contributed by atoms with Gasteiger partial charge < -0.3 is 0 Å². The van der Waals surface area contributed by atoms with Crippen LogP contribution in [0, 0.1) is 6.07 Å². The number of halogens is 2. The molecular weight excluding hydrogens is 193 g/mol. The minimum atomic E-state index is 0.601. The van der Waals surface area contributed by atoms with Gasteiger partial charge in [0.2, 0.25) is 0 Å². The number of hydrogen-bond acceptors (Lipinski definition) is 1. The Morgan fingerprint density at radius 2 is 2.08 bits per heavy atom. The van der Waals surface area contributed by atoms with Crippen molar-refractivity contribution < 1.29 is 0 Å². The first kappa shape index (κ1) is 7.84. The van der Waals surface area contributed by atoms with Crippen LogP contribution in [-0.4, -0.2) is 4.98 Å². The Hall–Kier alpha value is -0.790. The Morgan fingerprint density at radius 3 is 2.92 bits per heavy atom. The number of rotatable bonds is 0. The standard InChI is InChI=1S/C9H4Cl2N/c10-7-4-6-2-1-3-8(11)9(6)12-5-7/h2-5H. The maximum atomic E-state index is 5.87. The van der Waals surface area contributed by atoms with Crippen LogP contribution in [0.25, 0.3) is 10.9 Å². The largest absolute Gasteiger partial charge is 0.253 e. The second-order valence-electron chi connectivity index (χ2n) is 2.39. The third-order valence-electron chi connectivity index (χ3n) is 1.56. The van der Waals surface area contributed by atoms with Crippen LogP contribution in [0.15, 0.2) is 24.4 Å². The summed E-state index contributed by atoms with van der Waals surface area (Å²) in [6, 6.07) is 8.20. The van der Waals surface area contributed by atoms with Gasteiger partial charge in [0, 0.05) is 11.6 Å². The zero-order valence-electron chi connectivity index (χ0n) is 6.01. The third kappa shape index (κ3) is 1.26. The summed E-state index contributed by atoms with van der Waals surface area (Å²) < 4.78 is 0. The number of pyridine rings is 1. The Kier molecular flexibility index (Phi) is 1.91. The van der Waals surface area contributed by atoms with E-state index in [4.69, 9.17) is 23.2 Å².